The molecule has 0 saturated carbocycles. The Labute approximate surface area is 238 Å². The van der Waals surface area contributed by atoms with Crippen molar-refractivity contribution in [1.82, 2.24) is 15.5 Å². The smallest absolute Gasteiger partial charge is 0.408 e. The molecule has 0 fully saturated rings. The van der Waals surface area contributed by atoms with Crippen LogP contribution in [0.4, 0.5) is 4.79 Å². The molecule has 2 N–H and O–H groups in total. The molecule has 3 amide bonds. The Kier molecular flexibility index (Phi) is 12.4. The van der Waals surface area contributed by atoms with Gasteiger partial charge in [0.15, 0.2) is 0 Å². The predicted molar refractivity (Wildman–Crippen MR) is 160 cm³/mol. The van der Waals surface area contributed by atoms with Gasteiger partial charge in [-0.25, -0.2) is 4.79 Å². The molecule has 0 bridgehead atoms. The fourth-order valence-electron chi connectivity index (χ4n) is 4.41. The van der Waals surface area contributed by atoms with Crippen molar-refractivity contribution in [3.05, 3.63) is 70.8 Å². The maximum absolute atomic E-state index is 14.3. The number of nitrogens with one attached hydrogen (secondary N) is 2. The van der Waals surface area contributed by atoms with E-state index >= 15 is 0 Å². The highest BCUT2D eigenvalue weighted by Crippen LogP contribution is 2.28. The van der Waals surface area contributed by atoms with Gasteiger partial charge in [-0.1, -0.05) is 66.6 Å². The minimum Gasteiger partial charge on any atom is -0.444 e. The van der Waals surface area contributed by atoms with Crippen molar-refractivity contribution < 1.29 is 19.1 Å². The van der Waals surface area contributed by atoms with E-state index in [4.69, 9.17) is 4.74 Å². The Hall–Kier alpha value is -3.00. The van der Waals surface area contributed by atoms with Gasteiger partial charge >= 0.3 is 6.09 Å². The summed E-state index contributed by atoms with van der Waals surface area (Å²) >= 11 is 1.59. The zero-order chi connectivity index (χ0) is 29.2. The number of aryl methyl sites for hydroxylation is 2. The lowest BCUT2D eigenvalue weighted by Crippen LogP contribution is -2.55. The molecule has 0 aromatic heterocycles. The lowest BCUT2D eigenvalue weighted by Gasteiger charge is -2.38. The number of hydrogen-bond acceptors (Lipinski definition) is 5. The number of thioether (sulfide) groups is 1. The van der Waals surface area contributed by atoms with Gasteiger partial charge in [0.1, 0.15) is 17.7 Å². The van der Waals surface area contributed by atoms with Crippen LogP contribution in [0.25, 0.3) is 0 Å². The van der Waals surface area contributed by atoms with Crippen LogP contribution >= 0.6 is 11.8 Å². The SMILES string of the molecule is CCC(C)N(C(=O)C(CCSC)NC(=O)OC(C)(C)C)C(C(=O)NCc1ccccc1)c1cc(C)cc(C)c1. The average molecular weight is 556 g/mol. The van der Waals surface area contributed by atoms with Crippen molar-refractivity contribution in [3.8, 4) is 0 Å². The van der Waals surface area contributed by atoms with Crippen molar-refractivity contribution in [2.24, 2.45) is 0 Å². The molecule has 7 nitrogen and oxygen atoms in total. The van der Waals surface area contributed by atoms with Crippen molar-refractivity contribution in [2.45, 2.75) is 91.6 Å². The second-order valence-electron chi connectivity index (χ2n) is 11.0. The highest BCUT2D eigenvalue weighted by Gasteiger charge is 2.38. The van der Waals surface area contributed by atoms with Gasteiger partial charge in [-0.2, -0.15) is 11.8 Å². The standard InChI is InChI=1S/C31H45N3O4S/c1-9-23(4)34(29(36)26(15-16-39-8)33-30(37)38-31(5,6)7)27(25-18-21(2)17-22(3)19-25)28(35)32-20-24-13-11-10-12-14-24/h10-14,17-19,23,26-27H,9,15-16,20H2,1-8H3,(H,32,35)(H,33,37). The van der Waals surface area contributed by atoms with E-state index in [1.165, 1.54) is 0 Å². The van der Waals surface area contributed by atoms with Crippen molar-refractivity contribution in [3.63, 3.8) is 0 Å². The Morgan fingerprint density at radius 3 is 2.18 bits per heavy atom. The topological polar surface area (TPSA) is 87.7 Å². The Bertz CT molecular complexity index is 1080. The lowest BCUT2D eigenvalue weighted by atomic mass is 9.96. The number of alkyl carbamates (subject to hydrolysis) is 1. The highest BCUT2D eigenvalue weighted by atomic mass is 32.2. The van der Waals surface area contributed by atoms with Gasteiger partial charge in [0.25, 0.3) is 0 Å². The third-order valence-electron chi connectivity index (χ3n) is 6.32. The number of ether oxygens (including phenoxy) is 1. The summed E-state index contributed by atoms with van der Waals surface area (Å²) in [7, 11) is 0. The summed E-state index contributed by atoms with van der Waals surface area (Å²) in [6, 6.07) is 13.7. The quantitative estimate of drug-likeness (QED) is 0.339. The van der Waals surface area contributed by atoms with E-state index in [0.29, 0.717) is 25.1 Å². The number of nitrogens with zero attached hydrogens (tertiary/aromatic N) is 1. The molecule has 2 aromatic carbocycles. The van der Waals surface area contributed by atoms with Crippen molar-refractivity contribution >= 4 is 29.7 Å². The van der Waals surface area contributed by atoms with E-state index in [0.717, 1.165) is 22.3 Å². The number of benzene rings is 2. The summed E-state index contributed by atoms with van der Waals surface area (Å²) in [6.07, 6.45) is 2.36. The molecule has 0 radical (unpaired) electrons. The fourth-order valence-corrected chi connectivity index (χ4v) is 4.88. The van der Waals surface area contributed by atoms with Crippen LogP contribution in [0.3, 0.4) is 0 Å². The fraction of sp³-hybridized carbons (Fsp3) is 0.516. The van der Waals surface area contributed by atoms with Crippen LogP contribution in [-0.2, 0) is 20.9 Å². The van der Waals surface area contributed by atoms with Crippen molar-refractivity contribution in [1.29, 1.82) is 0 Å². The summed E-state index contributed by atoms with van der Waals surface area (Å²) in [5, 5.41) is 5.85. The summed E-state index contributed by atoms with van der Waals surface area (Å²) in [6.45, 7) is 13.6. The molecule has 0 heterocycles. The van der Waals surface area contributed by atoms with Gasteiger partial charge < -0.3 is 20.3 Å². The lowest BCUT2D eigenvalue weighted by molar-refractivity contribution is -0.145. The van der Waals surface area contributed by atoms with Crippen LogP contribution in [0.5, 0.6) is 0 Å². The first-order valence-corrected chi connectivity index (χ1v) is 15.0. The first-order chi connectivity index (χ1) is 18.4. The molecule has 3 atom stereocenters. The van der Waals surface area contributed by atoms with Crippen LogP contribution in [0.1, 0.15) is 75.8 Å². The second kappa shape index (κ2) is 15.0. The van der Waals surface area contributed by atoms with Crippen LogP contribution in [0.15, 0.2) is 48.5 Å². The van der Waals surface area contributed by atoms with E-state index in [2.05, 4.69) is 10.6 Å². The molecule has 0 aliphatic rings. The molecule has 2 rings (SSSR count). The third-order valence-corrected chi connectivity index (χ3v) is 6.96. The number of amides is 3. The van der Waals surface area contributed by atoms with Crippen LogP contribution in [-0.4, -0.2) is 52.5 Å². The van der Waals surface area contributed by atoms with Crippen LogP contribution in [0.2, 0.25) is 0 Å². The summed E-state index contributed by atoms with van der Waals surface area (Å²) in [4.78, 5) is 42.6. The van der Waals surface area contributed by atoms with Gasteiger partial charge in [0.05, 0.1) is 0 Å². The molecule has 2 aromatic rings. The van der Waals surface area contributed by atoms with E-state index in [9.17, 15) is 14.4 Å². The first kappa shape index (κ1) is 32.2. The normalized spacial score (nSPS) is 13.6. The average Bonchev–Trinajstić information content (AvgIpc) is 2.86. The number of rotatable bonds is 12. The van der Waals surface area contributed by atoms with Gasteiger partial charge in [-0.3, -0.25) is 9.59 Å². The maximum atomic E-state index is 14.3. The summed E-state index contributed by atoms with van der Waals surface area (Å²) in [5.41, 5.74) is 3.02. The van der Waals surface area contributed by atoms with Gasteiger partial charge in [-0.15, -0.1) is 0 Å². The Morgan fingerprint density at radius 2 is 1.64 bits per heavy atom. The summed E-state index contributed by atoms with van der Waals surface area (Å²) < 4.78 is 5.47. The first-order valence-electron chi connectivity index (χ1n) is 13.6. The number of carbonyl (C=O) groups excluding carboxylic acids is 3. The molecule has 0 spiro atoms. The largest absolute Gasteiger partial charge is 0.444 e. The van der Waals surface area contributed by atoms with Crippen LogP contribution in [0, 0.1) is 13.8 Å². The molecule has 3 unspecified atom stereocenters. The number of carbonyl (C=O) groups is 3. The molecule has 8 heteroatoms. The Morgan fingerprint density at radius 1 is 1.03 bits per heavy atom. The third kappa shape index (κ3) is 10.2. The highest BCUT2D eigenvalue weighted by molar-refractivity contribution is 7.98. The molecule has 39 heavy (non-hydrogen) atoms. The van der Waals surface area contributed by atoms with Crippen LogP contribution < -0.4 is 10.6 Å². The maximum Gasteiger partial charge on any atom is 0.408 e. The Balaban J connectivity index is 2.52. The van der Waals surface area contributed by atoms with Gasteiger partial charge in [0.2, 0.25) is 11.8 Å². The van der Waals surface area contributed by atoms with E-state index in [1.807, 2.05) is 82.5 Å². The van der Waals surface area contributed by atoms with E-state index < -0.39 is 23.8 Å². The molecule has 0 aliphatic carbocycles. The van der Waals surface area contributed by atoms with Crippen molar-refractivity contribution in [2.75, 3.05) is 12.0 Å². The molecule has 214 valence electrons. The van der Waals surface area contributed by atoms with E-state index in [-0.39, 0.29) is 17.9 Å². The van der Waals surface area contributed by atoms with E-state index in [1.54, 1.807) is 37.4 Å². The molecular weight excluding hydrogens is 510 g/mol. The molecule has 0 aliphatic heterocycles. The molecular formula is C31H45N3O4S. The summed E-state index contributed by atoms with van der Waals surface area (Å²) in [5.74, 6) is 0.0938. The predicted octanol–water partition coefficient (Wildman–Crippen LogP) is 5.93. The minimum absolute atomic E-state index is 0.261. The van der Waals surface area contributed by atoms with Gasteiger partial charge in [0, 0.05) is 12.6 Å². The number of hydrogen-bond donors (Lipinski definition) is 2. The van der Waals surface area contributed by atoms with Gasteiger partial charge in [-0.05, 0) is 77.5 Å². The molecule has 0 saturated heterocycles. The minimum atomic E-state index is -0.869. The zero-order valence-electron chi connectivity index (χ0n) is 24.7. The second-order valence-corrected chi connectivity index (χ2v) is 12.0. The zero-order valence-corrected chi connectivity index (χ0v) is 25.5. The monoisotopic (exact) mass is 555 g/mol.